The Hall–Kier alpha value is -1.97. The first kappa shape index (κ1) is 45.6. The molecule has 0 bridgehead atoms. The van der Waals surface area contributed by atoms with E-state index in [4.69, 9.17) is 29.4 Å². The molecular formula is C46H74N2O10. The van der Waals surface area contributed by atoms with Gasteiger partial charge in [0.1, 0.15) is 6.10 Å². The van der Waals surface area contributed by atoms with Crippen molar-refractivity contribution in [1.29, 1.82) is 0 Å². The third kappa shape index (κ3) is 9.27. The normalized spacial score (nSPS) is 41.1. The number of rotatable bonds is 14. The number of aliphatic hydroxyl groups is 4. The first-order chi connectivity index (χ1) is 27.6. The average molecular weight is 815 g/mol. The topological polar surface area (TPSA) is 182 Å². The second-order valence-electron chi connectivity index (χ2n) is 18.5. The van der Waals surface area contributed by atoms with Crippen LogP contribution in [0.25, 0.3) is 0 Å². The monoisotopic (exact) mass is 815 g/mol. The molecule has 5 aliphatic rings. The number of carbonyl (C=O) groups excluding carboxylic acids is 1. The summed E-state index contributed by atoms with van der Waals surface area (Å²) in [6.45, 7) is 14.4. The highest BCUT2D eigenvalue weighted by molar-refractivity contribution is 5.79. The Morgan fingerprint density at radius 3 is 2.31 bits per heavy atom. The minimum Gasteiger partial charge on any atom is -0.392 e. The molecule has 1 aromatic carbocycles. The summed E-state index contributed by atoms with van der Waals surface area (Å²) in [6.07, 6.45) is 5.59. The lowest BCUT2D eigenvalue weighted by molar-refractivity contribution is -0.403. The molecule has 6 rings (SSSR count). The Bertz CT molecular complexity index is 1520. The van der Waals surface area contributed by atoms with Crippen LogP contribution in [0, 0.1) is 29.6 Å². The standard InChI is InChI=1S/C46H74N2O10/c1-8-32(43(52)48-26-31-15-12-11-13-16-31)34-17-14-18-37(55-34)39(47)41(51)29(6)40(50)33(9-2)42-27(4)25-28(5)45(57-42)24-21-38(49)46(58-45)23-20-36(56-46)35-19-22-44(53,10-3)30(7)54-35/h11-13,15-16,21,24,27-30,32-42,49-51,53H,8-10,14,17-20,22-23,25-26,47H2,1-7H3,(H,48,52)/t27-,28+,29+,30-,32+,33-,34+,35+,36?,37+,38+,39+,40+,41+,42-,44+,45-,46-/m0/s1. The third-order valence-electron chi connectivity index (χ3n) is 14.8. The molecule has 0 aromatic heterocycles. The lowest BCUT2D eigenvalue weighted by atomic mass is 9.73. The zero-order chi connectivity index (χ0) is 42.0. The van der Waals surface area contributed by atoms with Gasteiger partial charge >= 0.3 is 0 Å². The van der Waals surface area contributed by atoms with Gasteiger partial charge < -0.3 is 55.2 Å². The molecule has 7 N–H and O–H groups in total. The number of amides is 1. The molecule has 5 heterocycles. The summed E-state index contributed by atoms with van der Waals surface area (Å²) in [5.74, 6) is -3.90. The molecule has 0 radical (unpaired) electrons. The first-order valence-electron chi connectivity index (χ1n) is 22.5. The molecule has 1 aromatic rings. The number of benzene rings is 1. The van der Waals surface area contributed by atoms with Crippen LogP contribution in [-0.2, 0) is 35.0 Å². The number of hydrogen-bond donors (Lipinski definition) is 6. The second-order valence-corrected chi connectivity index (χ2v) is 18.5. The van der Waals surface area contributed by atoms with Gasteiger partial charge in [0.25, 0.3) is 0 Å². The van der Waals surface area contributed by atoms with Crippen LogP contribution in [0.1, 0.15) is 125 Å². The van der Waals surface area contributed by atoms with E-state index < -0.39 is 59.7 Å². The van der Waals surface area contributed by atoms with Gasteiger partial charge in [0, 0.05) is 30.7 Å². The highest BCUT2D eigenvalue weighted by Crippen LogP contribution is 2.51. The fourth-order valence-electron chi connectivity index (χ4n) is 10.8. The van der Waals surface area contributed by atoms with E-state index >= 15 is 0 Å². The third-order valence-corrected chi connectivity index (χ3v) is 14.8. The van der Waals surface area contributed by atoms with Crippen LogP contribution in [0.2, 0.25) is 0 Å². The molecule has 12 heteroatoms. The van der Waals surface area contributed by atoms with E-state index in [-0.39, 0.29) is 54.0 Å². The van der Waals surface area contributed by atoms with Crippen molar-refractivity contribution in [1.82, 2.24) is 5.32 Å². The molecule has 12 nitrogen and oxygen atoms in total. The van der Waals surface area contributed by atoms with E-state index in [1.165, 1.54) is 0 Å². The van der Waals surface area contributed by atoms with E-state index in [2.05, 4.69) is 19.2 Å². The van der Waals surface area contributed by atoms with E-state index in [1.807, 2.05) is 71.0 Å². The SMILES string of the molecule is CC[C@@H]([C@H](O)[C@@H](C)[C@@H](O)[C@H](N)[C@H]1CCC[C@H]([C@@H](CC)C(=O)NCc2ccccc2)O1)[C@H]1O[C@]2(C=C[C@@H](O)[C@]3(CCC([C@H]4CC[C@](O)(CC)[C@H](C)O4)O3)O2)[C@H](C)C[C@@H]1C. The van der Waals surface area contributed by atoms with Crippen LogP contribution >= 0.6 is 0 Å². The van der Waals surface area contributed by atoms with Gasteiger partial charge in [0.05, 0.1) is 66.4 Å². The summed E-state index contributed by atoms with van der Waals surface area (Å²) in [6, 6.07) is 9.05. The molecule has 2 spiro atoms. The van der Waals surface area contributed by atoms with Crippen molar-refractivity contribution >= 4 is 5.91 Å². The van der Waals surface area contributed by atoms with Crippen LogP contribution in [0.15, 0.2) is 42.5 Å². The highest BCUT2D eigenvalue weighted by atomic mass is 16.8. The molecule has 1 amide bonds. The van der Waals surface area contributed by atoms with Gasteiger partial charge in [0.2, 0.25) is 11.7 Å². The number of carbonyl (C=O) groups is 1. The van der Waals surface area contributed by atoms with Crippen LogP contribution in [0.3, 0.4) is 0 Å². The van der Waals surface area contributed by atoms with Crippen LogP contribution < -0.4 is 11.1 Å². The smallest absolute Gasteiger partial charge is 0.225 e. The fraction of sp³-hybridized carbons (Fsp3) is 0.804. The summed E-state index contributed by atoms with van der Waals surface area (Å²) in [5.41, 5.74) is 6.96. The van der Waals surface area contributed by atoms with Crippen LogP contribution in [-0.4, -0.2) is 104 Å². The van der Waals surface area contributed by atoms with Crippen molar-refractivity contribution in [2.75, 3.05) is 0 Å². The van der Waals surface area contributed by atoms with Crippen LogP contribution in [0.4, 0.5) is 0 Å². The summed E-state index contributed by atoms with van der Waals surface area (Å²) >= 11 is 0. The van der Waals surface area contributed by atoms with Gasteiger partial charge in [-0.25, -0.2) is 0 Å². The molecule has 0 saturated carbocycles. The fourth-order valence-corrected chi connectivity index (χ4v) is 10.8. The quantitative estimate of drug-likeness (QED) is 0.135. The van der Waals surface area contributed by atoms with E-state index in [0.29, 0.717) is 57.9 Å². The first-order valence-corrected chi connectivity index (χ1v) is 22.5. The lowest BCUT2D eigenvalue weighted by Gasteiger charge is -2.54. The second kappa shape index (κ2) is 19.0. The van der Waals surface area contributed by atoms with Crippen LogP contribution in [0.5, 0.6) is 0 Å². The van der Waals surface area contributed by atoms with Gasteiger partial charge in [-0.2, -0.15) is 0 Å². The van der Waals surface area contributed by atoms with Gasteiger partial charge in [-0.3, -0.25) is 4.79 Å². The number of ether oxygens (including phenoxy) is 5. The molecular weight excluding hydrogens is 741 g/mol. The number of hydrogen-bond acceptors (Lipinski definition) is 11. The van der Waals surface area contributed by atoms with Gasteiger partial charge in [-0.1, -0.05) is 71.9 Å². The van der Waals surface area contributed by atoms with Crippen molar-refractivity contribution in [2.24, 2.45) is 35.3 Å². The van der Waals surface area contributed by atoms with E-state index in [0.717, 1.165) is 24.8 Å². The molecule has 328 valence electrons. The Labute approximate surface area is 346 Å². The summed E-state index contributed by atoms with van der Waals surface area (Å²) < 4.78 is 33.4. The van der Waals surface area contributed by atoms with E-state index in [1.54, 1.807) is 6.08 Å². The Morgan fingerprint density at radius 2 is 1.64 bits per heavy atom. The molecule has 1 unspecified atom stereocenters. The molecule has 5 aliphatic heterocycles. The predicted octanol–water partition coefficient (Wildman–Crippen LogP) is 5.27. The summed E-state index contributed by atoms with van der Waals surface area (Å²) in [4.78, 5) is 13.3. The van der Waals surface area contributed by atoms with Crippen molar-refractivity contribution in [2.45, 2.75) is 204 Å². The molecule has 58 heavy (non-hydrogen) atoms. The maximum Gasteiger partial charge on any atom is 0.225 e. The van der Waals surface area contributed by atoms with Gasteiger partial charge in [-0.05, 0) is 94.8 Å². The zero-order valence-electron chi connectivity index (χ0n) is 36.0. The number of nitrogens with one attached hydrogen (secondary N) is 1. The van der Waals surface area contributed by atoms with Crippen molar-refractivity contribution in [3.63, 3.8) is 0 Å². The minimum atomic E-state index is -1.32. The zero-order valence-corrected chi connectivity index (χ0v) is 36.0. The largest absolute Gasteiger partial charge is 0.392 e. The number of aliphatic hydroxyl groups excluding tert-OH is 3. The average Bonchev–Trinajstić information content (AvgIpc) is 3.65. The Balaban J connectivity index is 1.09. The lowest BCUT2D eigenvalue weighted by Crippen LogP contribution is -2.62. The van der Waals surface area contributed by atoms with Crippen molar-refractivity contribution < 1.29 is 48.9 Å². The molecule has 4 fully saturated rings. The molecule has 0 aliphatic carbocycles. The van der Waals surface area contributed by atoms with Gasteiger partial charge in [-0.15, -0.1) is 0 Å². The maximum absolute atomic E-state index is 13.3. The Morgan fingerprint density at radius 1 is 0.931 bits per heavy atom. The van der Waals surface area contributed by atoms with E-state index in [9.17, 15) is 25.2 Å². The molecule has 18 atom stereocenters. The summed E-state index contributed by atoms with van der Waals surface area (Å²) in [5, 5.41) is 49.3. The van der Waals surface area contributed by atoms with Gasteiger partial charge in [0.15, 0.2) is 5.79 Å². The minimum absolute atomic E-state index is 0.0515. The highest BCUT2D eigenvalue weighted by Gasteiger charge is 2.60. The van der Waals surface area contributed by atoms with Crippen molar-refractivity contribution in [3.05, 3.63) is 48.0 Å². The van der Waals surface area contributed by atoms with Crippen molar-refractivity contribution in [3.8, 4) is 0 Å². The molecule has 4 saturated heterocycles. The maximum atomic E-state index is 13.3. The number of nitrogens with two attached hydrogens (primary N) is 1. The summed E-state index contributed by atoms with van der Waals surface area (Å²) in [7, 11) is 0. The Kier molecular flexibility index (Phi) is 14.9. The predicted molar refractivity (Wildman–Crippen MR) is 220 cm³/mol.